The standard InChI is InChI=1S/C26H34N4O2S2/c1-25(2,3)30-34-21-14-17(15-29-24(31)32-26(4,5)6)8-13-20(21)22-16-28-23(33-22)18-9-11-19(27-7)12-10-18/h8-14,16,27,30H,15H2,1-7H3,(H,29,31). The fourth-order valence-corrected chi connectivity index (χ4v) is 4.91. The van der Waals surface area contributed by atoms with E-state index in [1.807, 2.05) is 40.1 Å². The molecule has 1 aromatic heterocycles. The van der Waals surface area contributed by atoms with E-state index in [0.717, 1.165) is 37.2 Å². The van der Waals surface area contributed by atoms with Gasteiger partial charge in [-0.2, -0.15) is 0 Å². The fraction of sp³-hybridized carbons (Fsp3) is 0.385. The summed E-state index contributed by atoms with van der Waals surface area (Å²) in [6.07, 6.45) is 1.51. The highest BCUT2D eigenvalue weighted by molar-refractivity contribution is 7.97. The van der Waals surface area contributed by atoms with Crippen molar-refractivity contribution >= 4 is 35.1 Å². The van der Waals surface area contributed by atoms with Gasteiger partial charge in [-0.25, -0.2) is 9.78 Å². The van der Waals surface area contributed by atoms with Crippen molar-refractivity contribution in [3.05, 3.63) is 54.2 Å². The monoisotopic (exact) mass is 498 g/mol. The Morgan fingerprint density at radius 2 is 1.76 bits per heavy atom. The Kier molecular flexibility index (Phi) is 8.28. The largest absolute Gasteiger partial charge is 0.444 e. The number of ether oxygens (including phenoxy) is 1. The summed E-state index contributed by atoms with van der Waals surface area (Å²) in [4.78, 5) is 18.9. The molecule has 2 aromatic carbocycles. The number of anilines is 1. The number of rotatable bonds is 7. The second-order valence-corrected chi connectivity index (χ2v) is 11.9. The minimum absolute atomic E-state index is 0.0549. The molecule has 0 saturated carbocycles. The molecule has 0 aliphatic heterocycles. The van der Waals surface area contributed by atoms with Crippen molar-refractivity contribution in [2.24, 2.45) is 0 Å². The quantitative estimate of drug-likeness (QED) is 0.306. The topological polar surface area (TPSA) is 75.3 Å². The van der Waals surface area contributed by atoms with Gasteiger partial charge in [-0.1, -0.05) is 12.1 Å². The van der Waals surface area contributed by atoms with Gasteiger partial charge >= 0.3 is 6.09 Å². The number of carbonyl (C=O) groups excluding carboxylic acids is 1. The SMILES string of the molecule is CNc1ccc(-c2ncc(-c3ccc(CNC(=O)OC(C)(C)C)cc3SNC(C)(C)C)s2)cc1. The molecule has 3 rings (SSSR count). The molecule has 0 atom stereocenters. The van der Waals surface area contributed by atoms with Gasteiger partial charge in [0.2, 0.25) is 0 Å². The fourth-order valence-electron chi connectivity index (χ4n) is 2.97. The molecule has 34 heavy (non-hydrogen) atoms. The Morgan fingerprint density at radius 3 is 2.38 bits per heavy atom. The summed E-state index contributed by atoms with van der Waals surface area (Å²) in [5.74, 6) is 0. The van der Waals surface area contributed by atoms with Crippen LogP contribution in [0.25, 0.3) is 21.0 Å². The smallest absolute Gasteiger partial charge is 0.407 e. The summed E-state index contributed by atoms with van der Waals surface area (Å²) < 4.78 is 8.86. The third-order valence-electron chi connectivity index (χ3n) is 4.54. The predicted molar refractivity (Wildman–Crippen MR) is 144 cm³/mol. The summed E-state index contributed by atoms with van der Waals surface area (Å²) in [5, 5.41) is 6.97. The molecular formula is C26H34N4O2S2. The number of thiazole rings is 1. The number of amides is 1. The highest BCUT2D eigenvalue weighted by Crippen LogP contribution is 2.38. The normalized spacial score (nSPS) is 11.9. The molecule has 182 valence electrons. The molecule has 3 N–H and O–H groups in total. The molecule has 0 aliphatic rings. The van der Waals surface area contributed by atoms with Gasteiger partial charge < -0.3 is 15.4 Å². The van der Waals surface area contributed by atoms with E-state index in [1.54, 1.807) is 23.3 Å². The molecule has 0 aliphatic carbocycles. The summed E-state index contributed by atoms with van der Waals surface area (Å²) in [6, 6.07) is 14.5. The van der Waals surface area contributed by atoms with Gasteiger partial charge in [-0.15, -0.1) is 11.3 Å². The van der Waals surface area contributed by atoms with E-state index in [2.05, 4.69) is 77.5 Å². The van der Waals surface area contributed by atoms with Crippen molar-refractivity contribution in [2.75, 3.05) is 12.4 Å². The molecule has 0 fully saturated rings. The van der Waals surface area contributed by atoms with E-state index in [4.69, 9.17) is 4.74 Å². The zero-order valence-electron chi connectivity index (χ0n) is 20.9. The summed E-state index contributed by atoms with van der Waals surface area (Å²) in [6.45, 7) is 12.4. The first-order valence-corrected chi connectivity index (χ1v) is 12.8. The molecule has 0 bridgehead atoms. The van der Waals surface area contributed by atoms with Crippen molar-refractivity contribution in [2.45, 2.75) is 64.1 Å². The lowest BCUT2D eigenvalue weighted by Crippen LogP contribution is -2.32. The molecule has 0 radical (unpaired) electrons. The Labute approximate surface area is 211 Å². The average molecular weight is 499 g/mol. The number of hydrogen-bond donors (Lipinski definition) is 3. The molecule has 1 amide bonds. The summed E-state index contributed by atoms with van der Waals surface area (Å²) in [7, 11) is 1.91. The second-order valence-electron chi connectivity index (χ2n) is 10.00. The molecule has 0 unspecified atom stereocenters. The third-order valence-corrected chi connectivity index (χ3v) is 6.89. The number of carbonyl (C=O) groups is 1. The van der Waals surface area contributed by atoms with Crippen LogP contribution in [0.5, 0.6) is 0 Å². The van der Waals surface area contributed by atoms with E-state index >= 15 is 0 Å². The van der Waals surface area contributed by atoms with E-state index < -0.39 is 11.7 Å². The van der Waals surface area contributed by atoms with Crippen molar-refractivity contribution in [1.29, 1.82) is 0 Å². The number of benzene rings is 2. The Hall–Kier alpha value is -2.55. The molecule has 3 aromatic rings. The van der Waals surface area contributed by atoms with Crippen molar-refractivity contribution in [1.82, 2.24) is 15.0 Å². The second kappa shape index (κ2) is 10.8. The van der Waals surface area contributed by atoms with E-state index in [9.17, 15) is 4.79 Å². The van der Waals surface area contributed by atoms with Crippen LogP contribution in [0.3, 0.4) is 0 Å². The number of hydrogen-bond acceptors (Lipinski definition) is 7. The first-order valence-electron chi connectivity index (χ1n) is 11.2. The van der Waals surface area contributed by atoms with Crippen LogP contribution in [0.1, 0.15) is 47.1 Å². The molecule has 6 nitrogen and oxygen atoms in total. The van der Waals surface area contributed by atoms with Crippen LogP contribution in [0.4, 0.5) is 10.5 Å². The van der Waals surface area contributed by atoms with Gasteiger partial charge in [-0.3, -0.25) is 4.72 Å². The van der Waals surface area contributed by atoms with Crippen molar-refractivity contribution in [3.63, 3.8) is 0 Å². The van der Waals surface area contributed by atoms with Gasteiger partial charge in [-0.05, 0) is 89.4 Å². The lowest BCUT2D eigenvalue weighted by molar-refractivity contribution is 0.0523. The van der Waals surface area contributed by atoms with Crippen LogP contribution in [-0.4, -0.2) is 29.3 Å². The number of nitrogens with one attached hydrogen (secondary N) is 3. The molecule has 0 spiro atoms. The van der Waals surface area contributed by atoms with Crippen LogP contribution in [0.15, 0.2) is 53.6 Å². The van der Waals surface area contributed by atoms with Crippen LogP contribution in [0.2, 0.25) is 0 Å². The van der Waals surface area contributed by atoms with Crippen LogP contribution in [0, 0.1) is 0 Å². The van der Waals surface area contributed by atoms with Gasteiger partial charge in [0.15, 0.2) is 0 Å². The molecule has 0 saturated heterocycles. The van der Waals surface area contributed by atoms with Crippen LogP contribution < -0.4 is 15.4 Å². The maximum absolute atomic E-state index is 12.1. The zero-order valence-corrected chi connectivity index (χ0v) is 22.5. The third kappa shape index (κ3) is 7.75. The molecule has 1 heterocycles. The lowest BCUT2D eigenvalue weighted by Gasteiger charge is -2.21. The maximum atomic E-state index is 12.1. The highest BCUT2D eigenvalue weighted by Gasteiger charge is 2.18. The minimum atomic E-state index is -0.525. The summed E-state index contributed by atoms with van der Waals surface area (Å²) in [5.41, 5.74) is 3.70. The van der Waals surface area contributed by atoms with Crippen molar-refractivity contribution < 1.29 is 9.53 Å². The van der Waals surface area contributed by atoms with Crippen LogP contribution in [-0.2, 0) is 11.3 Å². The van der Waals surface area contributed by atoms with E-state index in [-0.39, 0.29) is 5.54 Å². The zero-order chi connectivity index (χ0) is 24.9. The molecular weight excluding hydrogens is 464 g/mol. The summed E-state index contributed by atoms with van der Waals surface area (Å²) >= 11 is 3.26. The Balaban J connectivity index is 1.84. The number of alkyl carbamates (subject to hydrolysis) is 1. The molecule has 8 heteroatoms. The lowest BCUT2D eigenvalue weighted by atomic mass is 10.1. The Morgan fingerprint density at radius 1 is 1.06 bits per heavy atom. The highest BCUT2D eigenvalue weighted by atomic mass is 32.2. The van der Waals surface area contributed by atoms with E-state index in [0.29, 0.717) is 6.54 Å². The number of aromatic nitrogens is 1. The van der Waals surface area contributed by atoms with Gasteiger partial charge in [0.1, 0.15) is 10.6 Å². The van der Waals surface area contributed by atoms with Crippen LogP contribution >= 0.6 is 23.3 Å². The van der Waals surface area contributed by atoms with Gasteiger partial charge in [0.25, 0.3) is 0 Å². The number of nitrogens with zero attached hydrogens (tertiary/aromatic N) is 1. The first-order chi connectivity index (χ1) is 15.9. The average Bonchev–Trinajstić information content (AvgIpc) is 3.25. The van der Waals surface area contributed by atoms with Gasteiger partial charge in [0.05, 0.1) is 4.88 Å². The maximum Gasteiger partial charge on any atom is 0.407 e. The van der Waals surface area contributed by atoms with Crippen molar-refractivity contribution in [3.8, 4) is 21.0 Å². The minimum Gasteiger partial charge on any atom is -0.444 e. The van der Waals surface area contributed by atoms with E-state index in [1.165, 1.54) is 0 Å². The Bertz CT molecular complexity index is 1110. The first kappa shape index (κ1) is 26.1. The van der Waals surface area contributed by atoms with Gasteiger partial charge in [0, 0.05) is 47.0 Å². The predicted octanol–water partition coefficient (Wildman–Crippen LogP) is 6.94.